The minimum atomic E-state index is -1.21. The van der Waals surface area contributed by atoms with Crippen LogP contribution in [0.5, 0.6) is 0 Å². The summed E-state index contributed by atoms with van der Waals surface area (Å²) in [6, 6.07) is 17.1. The van der Waals surface area contributed by atoms with Crippen molar-refractivity contribution in [1.82, 2.24) is 24.1 Å². The lowest BCUT2D eigenvalue weighted by Gasteiger charge is -2.06. The van der Waals surface area contributed by atoms with Gasteiger partial charge in [0.25, 0.3) is 11.1 Å². The minimum absolute atomic E-state index is 0.0314. The van der Waals surface area contributed by atoms with Crippen molar-refractivity contribution in [3.63, 3.8) is 0 Å². The highest BCUT2D eigenvalue weighted by atomic mass is 79.9. The maximum Gasteiger partial charge on any atom is 0.343 e. The Labute approximate surface area is 374 Å². The Morgan fingerprint density at radius 2 is 1.03 bits per heavy atom. The van der Waals surface area contributed by atoms with Crippen molar-refractivity contribution in [2.24, 2.45) is 0 Å². The number of carboxylic acids is 2. The molecule has 0 unspecified atom stereocenters. The number of ether oxygens (including phenoxy) is 2. The van der Waals surface area contributed by atoms with E-state index in [1.807, 2.05) is 30.5 Å². The molecule has 0 radical (unpaired) electrons. The van der Waals surface area contributed by atoms with Gasteiger partial charge in [-0.3, -0.25) is 34.1 Å². The van der Waals surface area contributed by atoms with Gasteiger partial charge in [-0.05, 0) is 71.3 Å². The summed E-state index contributed by atoms with van der Waals surface area (Å²) in [4.78, 5) is 101. The first-order valence-corrected chi connectivity index (χ1v) is 20.0. The number of aliphatic carboxylic acids is 1. The Bertz CT molecular complexity index is 2640. The van der Waals surface area contributed by atoms with Gasteiger partial charge in [0.15, 0.2) is 11.6 Å². The van der Waals surface area contributed by atoms with Crippen LogP contribution >= 0.6 is 15.9 Å². The highest BCUT2D eigenvalue weighted by molar-refractivity contribution is 9.08. The monoisotopic (exact) mass is 935 g/mol. The summed E-state index contributed by atoms with van der Waals surface area (Å²) in [6.07, 6.45) is 23.3. The fourth-order valence-electron chi connectivity index (χ4n) is 5.17. The van der Waals surface area contributed by atoms with Crippen LogP contribution in [0.2, 0.25) is 0 Å². The zero-order chi connectivity index (χ0) is 46.9. The lowest BCUT2D eigenvalue weighted by atomic mass is 10.0. The van der Waals surface area contributed by atoms with E-state index in [9.17, 15) is 38.4 Å². The summed E-state index contributed by atoms with van der Waals surface area (Å²) >= 11 is 3.32. The zero-order valence-electron chi connectivity index (χ0n) is 34.5. The number of aromatic nitrogens is 5. The van der Waals surface area contributed by atoms with E-state index in [4.69, 9.17) is 10.2 Å². The quantitative estimate of drug-likeness (QED) is 0.110. The summed E-state index contributed by atoms with van der Waals surface area (Å²) < 4.78 is 11.8. The van der Waals surface area contributed by atoms with Crippen molar-refractivity contribution in [1.29, 1.82) is 0 Å². The average Bonchev–Trinajstić information content (AvgIpc) is 3.32. The summed E-state index contributed by atoms with van der Waals surface area (Å²) in [6.45, 7) is 0.686. The van der Waals surface area contributed by atoms with Gasteiger partial charge >= 0.3 is 23.9 Å². The summed E-state index contributed by atoms with van der Waals surface area (Å²) in [5, 5.41) is 18.1. The van der Waals surface area contributed by atoms with Crippen LogP contribution < -0.4 is 11.1 Å². The molecule has 0 amide bonds. The Balaban J connectivity index is 0.000000220. The van der Waals surface area contributed by atoms with Crippen LogP contribution in [0.3, 0.4) is 0 Å². The molecule has 7 rings (SSSR count). The standard InChI is InChI=1S/C13H12N2O3.C12H10N2O3.C8H8O3.C7H6O3.C6H6BrN/c1-18-13(17)11-5-3-7-15(12(11)16)9-10-4-2-6-14-8-10;15-11-10(12(16)17)4-2-6-14(11)8-9-3-1-5-13-7-9;1-11-8(10)6-4-2-3-5-7(6)9;8-6-4-2-1-3-5(6)7(9)10;7-4-6-2-1-3-8-5-6/h2-8H,9H2,1H3;1-7H,8H2,(H,16,17);2-4H,5H2,1H3;1-3H,4H2,(H,9,10);1-3,5H,4H2. The third-order valence-electron chi connectivity index (χ3n) is 8.35. The Morgan fingerprint density at radius 1 is 0.594 bits per heavy atom. The Hall–Kier alpha value is -7.99. The predicted molar refractivity (Wildman–Crippen MR) is 237 cm³/mol. The van der Waals surface area contributed by atoms with Crippen molar-refractivity contribution in [3.05, 3.63) is 206 Å². The molecule has 5 heterocycles. The number of allylic oxidation sites excluding steroid dienone is 6. The molecule has 0 atom stereocenters. The molecule has 17 nitrogen and oxygen atoms in total. The number of methoxy groups -OCH3 is 2. The molecule has 5 aromatic rings. The second-order valence-corrected chi connectivity index (χ2v) is 13.4. The smallest absolute Gasteiger partial charge is 0.343 e. The molecule has 0 aromatic carbocycles. The molecule has 18 heteroatoms. The van der Waals surface area contributed by atoms with Gasteiger partial charge in [-0.2, -0.15) is 0 Å². The van der Waals surface area contributed by atoms with Crippen molar-refractivity contribution in [2.45, 2.75) is 31.3 Å². The van der Waals surface area contributed by atoms with Crippen LogP contribution in [0.25, 0.3) is 0 Å². The first-order valence-electron chi connectivity index (χ1n) is 18.9. The lowest BCUT2D eigenvalue weighted by molar-refractivity contribution is -0.138. The highest BCUT2D eigenvalue weighted by Crippen LogP contribution is 2.09. The van der Waals surface area contributed by atoms with Gasteiger partial charge in [-0.15, -0.1) is 0 Å². The molecule has 0 saturated carbocycles. The van der Waals surface area contributed by atoms with Gasteiger partial charge in [0.2, 0.25) is 0 Å². The number of esters is 2. The number of carbonyl (C=O) groups is 6. The number of nitrogens with zero attached hydrogens (tertiary/aromatic N) is 5. The molecule has 2 N–H and O–H groups in total. The zero-order valence-corrected chi connectivity index (χ0v) is 36.1. The lowest BCUT2D eigenvalue weighted by Crippen LogP contribution is -2.26. The van der Waals surface area contributed by atoms with Gasteiger partial charge in [0.1, 0.15) is 22.3 Å². The predicted octanol–water partition coefficient (Wildman–Crippen LogP) is 5.19. The summed E-state index contributed by atoms with van der Waals surface area (Å²) in [7, 11) is 2.51. The van der Waals surface area contributed by atoms with Crippen molar-refractivity contribution in [3.8, 4) is 0 Å². The Morgan fingerprint density at radius 3 is 1.39 bits per heavy atom. The fourth-order valence-corrected chi connectivity index (χ4v) is 5.50. The van der Waals surface area contributed by atoms with Crippen molar-refractivity contribution >= 4 is 51.4 Å². The SMILES string of the molecule is BrCc1cccnc1.COC(=O)C1=CC=CCC1=O.COC(=O)c1cccn(Cc2cccnc2)c1=O.O=C(O)C1=CC=CCC1=O.O=C(O)c1cccn(Cc2cccnc2)c1=O. The number of pyridine rings is 5. The van der Waals surface area contributed by atoms with E-state index < -0.39 is 29.4 Å². The summed E-state index contributed by atoms with van der Waals surface area (Å²) in [5.41, 5.74) is 1.89. The number of carbonyl (C=O) groups excluding carboxylic acids is 4. The maximum atomic E-state index is 12.0. The van der Waals surface area contributed by atoms with Gasteiger partial charge in [0, 0.05) is 67.7 Å². The van der Waals surface area contributed by atoms with Gasteiger partial charge < -0.3 is 28.8 Å². The third kappa shape index (κ3) is 16.5. The van der Waals surface area contributed by atoms with E-state index in [1.165, 1.54) is 53.2 Å². The number of hydrogen-bond donors (Lipinski definition) is 2. The second kappa shape index (κ2) is 27.1. The number of halogens is 1. The van der Waals surface area contributed by atoms with Gasteiger partial charge in [-0.1, -0.05) is 58.4 Å². The largest absolute Gasteiger partial charge is 0.478 e. The van der Waals surface area contributed by atoms with Gasteiger partial charge in [-0.25, -0.2) is 19.2 Å². The number of ketones is 2. The molecule has 2 aliphatic rings. The molecule has 0 fully saturated rings. The average molecular weight is 937 g/mol. The van der Waals surface area contributed by atoms with Crippen LogP contribution in [0, 0.1) is 0 Å². The third-order valence-corrected chi connectivity index (χ3v) is 8.99. The molecule has 64 heavy (non-hydrogen) atoms. The second-order valence-electron chi connectivity index (χ2n) is 12.8. The van der Waals surface area contributed by atoms with Crippen LogP contribution in [0.15, 0.2) is 167 Å². The van der Waals surface area contributed by atoms with Crippen LogP contribution in [0.1, 0.15) is 50.2 Å². The molecule has 2 aliphatic carbocycles. The van der Waals surface area contributed by atoms with Crippen molar-refractivity contribution in [2.75, 3.05) is 14.2 Å². The number of carboxylic acid groups (broad SMARTS) is 2. The van der Waals surface area contributed by atoms with E-state index in [2.05, 4.69) is 40.4 Å². The first-order chi connectivity index (χ1) is 30.8. The number of Topliss-reactive ketones (excluding diaryl/α,β-unsaturated/α-hetero) is 2. The fraction of sp³-hybridized carbons (Fsp3) is 0.152. The molecule has 0 saturated heterocycles. The van der Waals surface area contributed by atoms with Crippen LogP contribution in [-0.2, 0) is 47.1 Å². The summed E-state index contributed by atoms with van der Waals surface area (Å²) in [5.74, 6) is -4.04. The number of aromatic carboxylic acids is 1. The molecule has 5 aromatic heterocycles. The molecular weight excluding hydrogens is 894 g/mol. The normalized spacial score (nSPS) is 12.0. The maximum absolute atomic E-state index is 12.0. The minimum Gasteiger partial charge on any atom is -0.478 e. The number of alkyl halides is 1. The molecular formula is C46H42BrN5O12. The Kier molecular flexibility index (Phi) is 21.3. The van der Waals surface area contributed by atoms with E-state index >= 15 is 0 Å². The van der Waals surface area contributed by atoms with Crippen LogP contribution in [-0.4, -0.2) is 84.0 Å². The number of hydrogen-bond acceptors (Lipinski definition) is 13. The molecule has 330 valence electrons. The topological polar surface area (TPSA) is 244 Å². The molecule has 0 aliphatic heterocycles. The van der Waals surface area contributed by atoms with Gasteiger partial charge in [0.05, 0.1) is 27.3 Å². The molecule has 0 bridgehead atoms. The number of rotatable bonds is 9. The highest BCUT2D eigenvalue weighted by Gasteiger charge is 2.19. The van der Waals surface area contributed by atoms with Crippen LogP contribution in [0.4, 0.5) is 0 Å². The van der Waals surface area contributed by atoms with E-state index in [0.717, 1.165) is 16.5 Å². The van der Waals surface area contributed by atoms with E-state index in [0.29, 0.717) is 19.5 Å². The van der Waals surface area contributed by atoms with E-state index in [-0.39, 0.29) is 45.8 Å². The van der Waals surface area contributed by atoms with Crippen molar-refractivity contribution < 1.29 is 48.5 Å². The molecule has 0 spiro atoms. The van der Waals surface area contributed by atoms with E-state index in [1.54, 1.807) is 91.9 Å². The first kappa shape index (κ1) is 50.4.